The smallest absolute Gasteiger partial charge is 0.305 e. The number of hydrogen-bond acceptors (Lipinski definition) is 3. The number of para-hydroxylation sites is 1. The third kappa shape index (κ3) is 7.49. The van der Waals surface area contributed by atoms with Crippen molar-refractivity contribution in [1.82, 2.24) is 0 Å². The fourth-order valence-corrected chi connectivity index (χ4v) is 2.11. The Morgan fingerprint density at radius 2 is 1.62 bits per heavy atom. The largest absolute Gasteiger partial charge is 0.469 e. The lowest BCUT2D eigenvalue weighted by Crippen LogP contribution is -2.11. The average molecular weight is 291 g/mol. The second-order valence-electron chi connectivity index (χ2n) is 5.21. The van der Waals surface area contributed by atoms with Crippen LogP contribution in [0.15, 0.2) is 24.3 Å². The number of benzene rings is 1. The predicted octanol–water partition coefficient (Wildman–Crippen LogP) is 3.84. The Morgan fingerprint density at radius 1 is 1.00 bits per heavy atom. The van der Waals surface area contributed by atoms with Crippen molar-refractivity contribution in [2.75, 3.05) is 12.4 Å². The number of amides is 1. The molecule has 0 radical (unpaired) electrons. The standard InChI is InChI=1S/C17H25NO3/c1-14-10-8-9-11-15(14)18-16(19)12-6-4-3-5-7-13-17(20)21-2/h8-11H,3-7,12-13H2,1-2H3,(H,18,19). The molecular formula is C17H25NO3. The maximum atomic E-state index is 11.8. The summed E-state index contributed by atoms with van der Waals surface area (Å²) in [6.45, 7) is 1.98. The molecule has 0 aromatic heterocycles. The van der Waals surface area contributed by atoms with Crippen molar-refractivity contribution in [2.45, 2.75) is 51.9 Å². The maximum Gasteiger partial charge on any atom is 0.305 e. The highest BCUT2D eigenvalue weighted by Gasteiger charge is 2.04. The Morgan fingerprint density at radius 3 is 2.29 bits per heavy atom. The quantitative estimate of drug-likeness (QED) is 0.555. The Hall–Kier alpha value is -1.84. The molecule has 1 amide bonds. The van der Waals surface area contributed by atoms with Gasteiger partial charge >= 0.3 is 5.97 Å². The lowest BCUT2D eigenvalue weighted by molar-refractivity contribution is -0.140. The van der Waals surface area contributed by atoms with Crippen molar-refractivity contribution in [1.29, 1.82) is 0 Å². The second-order valence-corrected chi connectivity index (χ2v) is 5.21. The van der Waals surface area contributed by atoms with Gasteiger partial charge in [-0.1, -0.05) is 37.5 Å². The number of rotatable bonds is 9. The number of nitrogens with one attached hydrogen (secondary N) is 1. The molecule has 0 aliphatic rings. The molecule has 1 rings (SSSR count). The first-order valence-electron chi connectivity index (χ1n) is 7.56. The van der Waals surface area contributed by atoms with Crippen LogP contribution in [0, 0.1) is 6.92 Å². The summed E-state index contributed by atoms with van der Waals surface area (Å²) >= 11 is 0. The first-order chi connectivity index (χ1) is 10.1. The number of ether oxygens (including phenoxy) is 1. The zero-order chi connectivity index (χ0) is 15.5. The van der Waals surface area contributed by atoms with Gasteiger partial charge in [-0.3, -0.25) is 9.59 Å². The minimum absolute atomic E-state index is 0.0684. The first-order valence-corrected chi connectivity index (χ1v) is 7.56. The van der Waals surface area contributed by atoms with E-state index in [1.54, 1.807) is 0 Å². The SMILES string of the molecule is COC(=O)CCCCCCCC(=O)Nc1ccccc1C. The minimum Gasteiger partial charge on any atom is -0.469 e. The van der Waals surface area contributed by atoms with Crippen LogP contribution in [0.1, 0.15) is 50.5 Å². The summed E-state index contributed by atoms with van der Waals surface area (Å²) in [7, 11) is 1.41. The Kier molecular flexibility index (Phi) is 8.17. The third-order valence-electron chi connectivity index (χ3n) is 3.43. The molecule has 0 unspecified atom stereocenters. The van der Waals surface area contributed by atoms with Crippen molar-refractivity contribution in [3.8, 4) is 0 Å². The molecule has 0 atom stereocenters. The van der Waals surface area contributed by atoms with Crippen LogP contribution in [0.3, 0.4) is 0 Å². The van der Waals surface area contributed by atoms with Gasteiger partial charge in [-0.15, -0.1) is 0 Å². The zero-order valence-corrected chi connectivity index (χ0v) is 13.0. The summed E-state index contributed by atoms with van der Waals surface area (Å²) in [5.41, 5.74) is 1.97. The third-order valence-corrected chi connectivity index (χ3v) is 3.43. The van der Waals surface area contributed by atoms with Crippen LogP contribution < -0.4 is 5.32 Å². The van der Waals surface area contributed by atoms with Crippen molar-refractivity contribution in [3.63, 3.8) is 0 Å². The second kappa shape index (κ2) is 9.97. The molecule has 0 bridgehead atoms. The summed E-state index contributed by atoms with van der Waals surface area (Å²) in [5, 5.41) is 2.93. The monoisotopic (exact) mass is 291 g/mol. The molecule has 0 spiro atoms. The summed E-state index contributed by atoms with van der Waals surface area (Å²) in [5.74, 6) is -0.0773. The highest BCUT2D eigenvalue weighted by atomic mass is 16.5. The molecule has 4 nitrogen and oxygen atoms in total. The predicted molar refractivity (Wildman–Crippen MR) is 84.1 cm³/mol. The minimum atomic E-state index is -0.146. The first kappa shape index (κ1) is 17.2. The number of esters is 1. The molecule has 0 aliphatic heterocycles. The Labute approximate surface area is 126 Å². The van der Waals surface area contributed by atoms with E-state index >= 15 is 0 Å². The van der Waals surface area contributed by atoms with Gasteiger partial charge in [0.05, 0.1) is 7.11 Å². The van der Waals surface area contributed by atoms with Crippen LogP contribution >= 0.6 is 0 Å². The van der Waals surface area contributed by atoms with Gasteiger partial charge in [0, 0.05) is 18.5 Å². The summed E-state index contributed by atoms with van der Waals surface area (Å²) < 4.78 is 4.58. The number of anilines is 1. The van der Waals surface area contributed by atoms with Gasteiger partial charge in [0.2, 0.25) is 5.91 Å². The summed E-state index contributed by atoms with van der Waals surface area (Å²) in [6, 6.07) is 7.78. The molecule has 0 fully saturated rings. The average Bonchev–Trinajstić information content (AvgIpc) is 2.48. The van der Waals surface area contributed by atoms with Gasteiger partial charge in [-0.2, -0.15) is 0 Å². The van der Waals surface area contributed by atoms with E-state index in [2.05, 4.69) is 10.1 Å². The highest BCUT2D eigenvalue weighted by Crippen LogP contribution is 2.14. The lowest BCUT2D eigenvalue weighted by Gasteiger charge is -2.07. The van der Waals surface area contributed by atoms with Gasteiger partial charge in [0.25, 0.3) is 0 Å². The van der Waals surface area contributed by atoms with Crippen molar-refractivity contribution in [3.05, 3.63) is 29.8 Å². The van der Waals surface area contributed by atoms with Crippen LogP contribution in [0.4, 0.5) is 5.69 Å². The van der Waals surface area contributed by atoms with E-state index in [4.69, 9.17) is 0 Å². The van der Waals surface area contributed by atoms with E-state index in [0.29, 0.717) is 12.8 Å². The van der Waals surface area contributed by atoms with Crippen LogP contribution in [0.5, 0.6) is 0 Å². The van der Waals surface area contributed by atoms with E-state index < -0.39 is 0 Å². The van der Waals surface area contributed by atoms with E-state index in [-0.39, 0.29) is 11.9 Å². The fraction of sp³-hybridized carbons (Fsp3) is 0.529. The number of carbonyl (C=O) groups excluding carboxylic acids is 2. The van der Waals surface area contributed by atoms with Crippen LogP contribution in [-0.4, -0.2) is 19.0 Å². The number of methoxy groups -OCH3 is 1. The highest BCUT2D eigenvalue weighted by molar-refractivity contribution is 5.91. The van der Waals surface area contributed by atoms with Gasteiger partial charge in [0.1, 0.15) is 0 Å². The van der Waals surface area contributed by atoms with E-state index in [1.165, 1.54) is 7.11 Å². The van der Waals surface area contributed by atoms with Gasteiger partial charge < -0.3 is 10.1 Å². The van der Waals surface area contributed by atoms with Gasteiger partial charge in [0.15, 0.2) is 0 Å². The number of unbranched alkanes of at least 4 members (excludes halogenated alkanes) is 4. The topological polar surface area (TPSA) is 55.4 Å². The normalized spacial score (nSPS) is 10.2. The maximum absolute atomic E-state index is 11.8. The van der Waals surface area contributed by atoms with Crippen LogP contribution in [-0.2, 0) is 14.3 Å². The fourth-order valence-electron chi connectivity index (χ4n) is 2.11. The van der Waals surface area contributed by atoms with E-state index in [9.17, 15) is 9.59 Å². The summed E-state index contributed by atoms with van der Waals surface area (Å²) in [6.07, 6.45) is 5.86. The molecule has 1 aromatic carbocycles. The molecular weight excluding hydrogens is 266 g/mol. The molecule has 0 saturated carbocycles. The molecule has 0 aliphatic carbocycles. The number of aryl methyl sites for hydroxylation is 1. The van der Waals surface area contributed by atoms with Crippen LogP contribution in [0.25, 0.3) is 0 Å². The number of hydrogen-bond donors (Lipinski definition) is 1. The Balaban J connectivity index is 2.06. The molecule has 0 saturated heterocycles. The lowest BCUT2D eigenvalue weighted by atomic mass is 10.1. The van der Waals surface area contributed by atoms with Gasteiger partial charge in [-0.25, -0.2) is 0 Å². The molecule has 1 N–H and O–H groups in total. The molecule has 4 heteroatoms. The van der Waals surface area contributed by atoms with E-state index in [0.717, 1.165) is 43.4 Å². The summed E-state index contributed by atoms with van der Waals surface area (Å²) in [4.78, 5) is 22.7. The van der Waals surface area contributed by atoms with Crippen molar-refractivity contribution >= 4 is 17.6 Å². The van der Waals surface area contributed by atoms with E-state index in [1.807, 2.05) is 31.2 Å². The molecule has 0 heterocycles. The van der Waals surface area contributed by atoms with Crippen molar-refractivity contribution in [2.24, 2.45) is 0 Å². The Bertz CT molecular complexity index is 457. The van der Waals surface area contributed by atoms with Crippen molar-refractivity contribution < 1.29 is 14.3 Å². The molecule has 116 valence electrons. The molecule has 21 heavy (non-hydrogen) atoms. The number of carbonyl (C=O) groups is 2. The van der Waals surface area contributed by atoms with Gasteiger partial charge in [-0.05, 0) is 31.4 Å². The molecule has 1 aromatic rings. The van der Waals surface area contributed by atoms with Crippen LogP contribution in [0.2, 0.25) is 0 Å². The zero-order valence-electron chi connectivity index (χ0n) is 13.0.